The highest BCUT2D eigenvalue weighted by molar-refractivity contribution is 7.95. The second kappa shape index (κ2) is 6.10. The number of carbonyl (C=O) groups excluding carboxylic acids is 2. The molecule has 1 aliphatic rings. The van der Waals surface area contributed by atoms with E-state index in [1.54, 1.807) is 24.3 Å². The van der Waals surface area contributed by atoms with Crippen molar-refractivity contribution in [1.82, 2.24) is 9.97 Å². The SMILES string of the molecule is COc1ccccc1NC1=C(S(C)(=O)=O)C(=O)c2nccnc2C1=O. The van der Waals surface area contributed by atoms with Gasteiger partial charge in [0.15, 0.2) is 9.84 Å². The van der Waals surface area contributed by atoms with Gasteiger partial charge in [-0.1, -0.05) is 12.1 Å². The molecule has 9 heteroatoms. The zero-order chi connectivity index (χ0) is 18.2. The van der Waals surface area contributed by atoms with Crippen molar-refractivity contribution in [3.8, 4) is 5.75 Å². The Morgan fingerprint density at radius 2 is 1.60 bits per heavy atom. The highest BCUT2D eigenvalue weighted by atomic mass is 32.2. The van der Waals surface area contributed by atoms with Gasteiger partial charge in [0.05, 0.1) is 12.8 Å². The van der Waals surface area contributed by atoms with Crippen molar-refractivity contribution >= 4 is 27.1 Å². The Balaban J connectivity index is 2.23. The van der Waals surface area contributed by atoms with Crippen LogP contribution in [-0.2, 0) is 9.84 Å². The van der Waals surface area contributed by atoms with E-state index in [0.717, 1.165) is 6.26 Å². The molecule has 1 N–H and O–H groups in total. The molecule has 8 nitrogen and oxygen atoms in total. The number of Topliss-reactive ketones (excluding diaryl/α,β-unsaturated/α-hetero) is 2. The number of rotatable bonds is 4. The van der Waals surface area contributed by atoms with Crippen molar-refractivity contribution in [2.45, 2.75) is 0 Å². The van der Waals surface area contributed by atoms with Gasteiger partial charge in [-0.15, -0.1) is 0 Å². The number of anilines is 1. The van der Waals surface area contributed by atoms with Gasteiger partial charge >= 0.3 is 0 Å². The Morgan fingerprint density at radius 3 is 2.20 bits per heavy atom. The minimum Gasteiger partial charge on any atom is -0.495 e. The summed E-state index contributed by atoms with van der Waals surface area (Å²) in [6.45, 7) is 0. The van der Waals surface area contributed by atoms with Crippen LogP contribution in [0.5, 0.6) is 5.75 Å². The van der Waals surface area contributed by atoms with Gasteiger partial charge in [0.25, 0.3) is 0 Å². The number of benzene rings is 1. The molecule has 1 aromatic carbocycles. The number of nitrogens with one attached hydrogen (secondary N) is 1. The van der Waals surface area contributed by atoms with Crippen LogP contribution in [0.4, 0.5) is 5.69 Å². The van der Waals surface area contributed by atoms with Gasteiger partial charge in [0, 0.05) is 18.6 Å². The van der Waals surface area contributed by atoms with Crippen molar-refractivity contribution in [3.05, 3.63) is 58.6 Å². The zero-order valence-electron chi connectivity index (χ0n) is 13.3. The fraction of sp³-hybridized carbons (Fsp3) is 0.125. The lowest BCUT2D eigenvalue weighted by atomic mass is 10.0. The Hall–Kier alpha value is -3.07. The Labute approximate surface area is 143 Å². The maximum absolute atomic E-state index is 12.7. The van der Waals surface area contributed by atoms with Gasteiger partial charge in [0.1, 0.15) is 27.7 Å². The molecule has 0 saturated carbocycles. The molecule has 0 spiro atoms. The molecule has 0 unspecified atom stereocenters. The van der Waals surface area contributed by atoms with Crippen LogP contribution in [0.25, 0.3) is 0 Å². The molecule has 1 heterocycles. The maximum atomic E-state index is 12.7. The molecule has 1 aliphatic carbocycles. The monoisotopic (exact) mass is 359 g/mol. The van der Waals surface area contributed by atoms with E-state index in [1.807, 2.05) is 0 Å². The summed E-state index contributed by atoms with van der Waals surface area (Å²) in [5, 5.41) is 2.72. The highest BCUT2D eigenvalue weighted by Gasteiger charge is 2.39. The molecule has 3 rings (SSSR count). The fourth-order valence-corrected chi connectivity index (χ4v) is 3.41. The van der Waals surface area contributed by atoms with E-state index in [9.17, 15) is 18.0 Å². The molecule has 0 saturated heterocycles. The molecule has 0 bridgehead atoms. The highest BCUT2D eigenvalue weighted by Crippen LogP contribution is 2.31. The number of fused-ring (bicyclic) bond motifs is 1. The Kier molecular flexibility index (Phi) is 4.09. The molecule has 128 valence electrons. The Bertz CT molecular complexity index is 1030. The zero-order valence-corrected chi connectivity index (χ0v) is 14.1. The van der Waals surface area contributed by atoms with E-state index in [1.165, 1.54) is 19.5 Å². The quantitative estimate of drug-likeness (QED) is 0.867. The second-order valence-corrected chi connectivity index (χ2v) is 7.17. The average Bonchev–Trinajstić information content (AvgIpc) is 2.59. The molecule has 2 aromatic rings. The minimum absolute atomic E-state index is 0.197. The van der Waals surface area contributed by atoms with E-state index < -0.39 is 26.3 Å². The average molecular weight is 359 g/mol. The lowest BCUT2D eigenvalue weighted by Crippen LogP contribution is -2.31. The second-order valence-electron chi connectivity index (χ2n) is 5.21. The summed E-state index contributed by atoms with van der Waals surface area (Å²) in [5.41, 5.74) is -0.504. The van der Waals surface area contributed by atoms with Crippen LogP contribution in [0.2, 0.25) is 0 Å². The van der Waals surface area contributed by atoms with Crippen LogP contribution < -0.4 is 10.1 Å². The van der Waals surface area contributed by atoms with E-state index in [4.69, 9.17) is 4.74 Å². The number of nitrogens with zero attached hydrogens (tertiary/aromatic N) is 2. The summed E-state index contributed by atoms with van der Waals surface area (Å²) in [5.74, 6) is -1.22. The predicted octanol–water partition coefficient (Wildman–Crippen LogP) is 1.23. The number of ether oxygens (including phenoxy) is 1. The van der Waals surface area contributed by atoms with Crippen LogP contribution in [0, 0.1) is 0 Å². The summed E-state index contributed by atoms with van der Waals surface area (Å²) >= 11 is 0. The van der Waals surface area contributed by atoms with Crippen molar-refractivity contribution < 1.29 is 22.7 Å². The number of methoxy groups -OCH3 is 1. The Morgan fingerprint density at radius 1 is 1.00 bits per heavy atom. The van der Waals surface area contributed by atoms with Crippen molar-refractivity contribution in [1.29, 1.82) is 0 Å². The van der Waals surface area contributed by atoms with E-state index in [2.05, 4.69) is 15.3 Å². The van der Waals surface area contributed by atoms with Gasteiger partial charge in [-0.25, -0.2) is 18.4 Å². The number of allylic oxidation sites excluding steroid dienone is 2. The molecule has 0 aliphatic heterocycles. The standard InChI is InChI=1S/C16H13N3O5S/c1-24-10-6-4-3-5-9(10)19-13-14(20)11-12(18-8-7-17-11)15(21)16(13)25(2,22)23/h3-8,19H,1-2H3. The molecule has 0 fully saturated rings. The van der Waals surface area contributed by atoms with Crippen molar-refractivity contribution in [2.24, 2.45) is 0 Å². The first-order chi connectivity index (χ1) is 11.8. The van der Waals surface area contributed by atoms with Gasteiger partial charge in [-0.2, -0.15) is 0 Å². The van der Waals surface area contributed by atoms with Crippen LogP contribution >= 0.6 is 0 Å². The van der Waals surface area contributed by atoms with Gasteiger partial charge in [0.2, 0.25) is 11.6 Å². The molecule has 0 radical (unpaired) electrons. The number of sulfone groups is 1. The molecule has 1 aromatic heterocycles. The first kappa shape index (κ1) is 16.8. The van der Waals surface area contributed by atoms with Gasteiger partial charge < -0.3 is 10.1 Å². The first-order valence-electron chi connectivity index (χ1n) is 7.09. The first-order valence-corrected chi connectivity index (χ1v) is 8.98. The maximum Gasteiger partial charge on any atom is 0.231 e. The lowest BCUT2D eigenvalue weighted by molar-refractivity contribution is 0.0974. The smallest absolute Gasteiger partial charge is 0.231 e. The molecular formula is C16H13N3O5S. The molecule has 0 amide bonds. The third-order valence-electron chi connectivity index (χ3n) is 3.53. The summed E-state index contributed by atoms with van der Waals surface area (Å²) in [6.07, 6.45) is 3.34. The van der Waals surface area contributed by atoms with Crippen molar-refractivity contribution in [3.63, 3.8) is 0 Å². The number of ketones is 2. The van der Waals surface area contributed by atoms with Crippen LogP contribution in [0.15, 0.2) is 47.3 Å². The number of carbonyl (C=O) groups is 2. The van der Waals surface area contributed by atoms with Crippen molar-refractivity contribution in [2.75, 3.05) is 18.7 Å². The number of hydrogen-bond donors (Lipinski definition) is 1. The lowest BCUT2D eigenvalue weighted by Gasteiger charge is -2.20. The summed E-state index contributed by atoms with van der Waals surface area (Å²) in [7, 11) is -2.57. The molecule has 25 heavy (non-hydrogen) atoms. The normalized spacial score (nSPS) is 14.3. The van der Waals surface area contributed by atoms with Gasteiger partial charge in [-0.3, -0.25) is 9.59 Å². The largest absolute Gasteiger partial charge is 0.495 e. The van der Waals surface area contributed by atoms with Crippen LogP contribution in [0.1, 0.15) is 21.0 Å². The van der Waals surface area contributed by atoms with Crippen LogP contribution in [-0.4, -0.2) is 43.3 Å². The molecule has 0 atom stereocenters. The minimum atomic E-state index is -4.00. The summed E-state index contributed by atoms with van der Waals surface area (Å²) in [6, 6.07) is 6.61. The van der Waals surface area contributed by atoms with E-state index in [-0.39, 0.29) is 17.1 Å². The van der Waals surface area contributed by atoms with Gasteiger partial charge in [-0.05, 0) is 12.1 Å². The van der Waals surface area contributed by atoms with Crippen LogP contribution in [0.3, 0.4) is 0 Å². The van der Waals surface area contributed by atoms with E-state index >= 15 is 0 Å². The topological polar surface area (TPSA) is 115 Å². The molecular weight excluding hydrogens is 346 g/mol. The third-order valence-corrected chi connectivity index (χ3v) is 4.66. The number of hydrogen-bond acceptors (Lipinski definition) is 8. The summed E-state index contributed by atoms with van der Waals surface area (Å²) < 4.78 is 29.5. The fourth-order valence-electron chi connectivity index (χ4n) is 2.46. The summed E-state index contributed by atoms with van der Waals surface area (Å²) in [4.78, 5) is 32.4. The third kappa shape index (κ3) is 2.89. The number of para-hydroxylation sites is 2. The van der Waals surface area contributed by atoms with E-state index in [0.29, 0.717) is 11.4 Å². The number of aromatic nitrogens is 2. The predicted molar refractivity (Wildman–Crippen MR) is 89.2 cm³/mol.